The molecular weight excluding hydrogens is 384 g/mol. The third kappa shape index (κ3) is 3.29. The number of nitro benzene ring substituents is 1. The smallest absolute Gasteiger partial charge is 0.281 e. The van der Waals surface area contributed by atoms with E-state index in [0.29, 0.717) is 39.7 Å². The van der Waals surface area contributed by atoms with E-state index in [1.807, 2.05) is 0 Å². The van der Waals surface area contributed by atoms with Crippen molar-refractivity contribution in [1.29, 1.82) is 5.26 Å². The molecule has 0 aliphatic carbocycles. The maximum Gasteiger partial charge on any atom is 0.281 e. The Kier molecular flexibility index (Phi) is 4.47. The summed E-state index contributed by atoms with van der Waals surface area (Å²) in [6.45, 7) is 0.145. The van der Waals surface area contributed by atoms with E-state index in [1.54, 1.807) is 42.5 Å². The first kappa shape index (κ1) is 17.6. The number of hydrogen-bond donors (Lipinski definition) is 0. The van der Waals surface area contributed by atoms with Gasteiger partial charge >= 0.3 is 0 Å². The van der Waals surface area contributed by atoms with Crippen molar-refractivity contribution >= 4 is 28.9 Å². The van der Waals surface area contributed by atoms with E-state index in [-0.39, 0.29) is 17.5 Å². The highest BCUT2D eigenvalue weighted by Gasteiger charge is 2.19. The van der Waals surface area contributed by atoms with Gasteiger partial charge in [0.2, 0.25) is 6.79 Å². The molecule has 2 aromatic carbocycles. The van der Waals surface area contributed by atoms with Gasteiger partial charge in [0.05, 0.1) is 22.1 Å². The fourth-order valence-electron chi connectivity index (χ4n) is 2.83. The molecule has 0 atom stereocenters. The highest BCUT2D eigenvalue weighted by molar-refractivity contribution is 6.30. The zero-order chi connectivity index (χ0) is 19.7. The number of hydrogen-bond acceptors (Lipinski definition) is 6. The lowest BCUT2D eigenvalue weighted by atomic mass is 10.1. The molecule has 3 aromatic rings. The van der Waals surface area contributed by atoms with E-state index in [0.717, 1.165) is 0 Å². The molecule has 28 heavy (non-hydrogen) atoms. The van der Waals surface area contributed by atoms with Gasteiger partial charge in [0.25, 0.3) is 5.69 Å². The molecule has 2 heterocycles. The molecule has 0 spiro atoms. The summed E-state index contributed by atoms with van der Waals surface area (Å²) in [7, 11) is 0. The first-order valence-electron chi connectivity index (χ1n) is 8.11. The first-order chi connectivity index (χ1) is 13.5. The topological polar surface area (TPSA) is 98.5 Å². The number of allylic oxidation sites excluding steroid dienone is 1. The van der Waals surface area contributed by atoms with Crippen molar-refractivity contribution in [3.63, 3.8) is 0 Å². The molecule has 0 fully saturated rings. The number of ether oxygens (including phenoxy) is 2. The number of nitro groups is 1. The van der Waals surface area contributed by atoms with Crippen molar-refractivity contribution in [2.45, 2.75) is 0 Å². The van der Waals surface area contributed by atoms with Gasteiger partial charge in [-0.2, -0.15) is 5.26 Å². The molecule has 0 N–H and O–H groups in total. The van der Waals surface area contributed by atoms with Crippen molar-refractivity contribution in [3.05, 3.63) is 75.0 Å². The number of halogens is 1. The van der Waals surface area contributed by atoms with Gasteiger partial charge in [0.15, 0.2) is 11.5 Å². The summed E-state index contributed by atoms with van der Waals surface area (Å²) in [5.41, 5.74) is 1.14. The number of nitriles is 1. The van der Waals surface area contributed by atoms with Crippen molar-refractivity contribution < 1.29 is 18.8 Å². The zero-order valence-electron chi connectivity index (χ0n) is 14.2. The third-order valence-corrected chi connectivity index (χ3v) is 4.37. The van der Waals surface area contributed by atoms with Gasteiger partial charge in [0.1, 0.15) is 11.5 Å². The highest BCUT2D eigenvalue weighted by Crippen LogP contribution is 2.36. The first-order valence-corrected chi connectivity index (χ1v) is 8.49. The average Bonchev–Trinajstić information content (AvgIpc) is 3.34. The molecule has 0 saturated heterocycles. The molecule has 1 aliphatic rings. The molecule has 4 rings (SSSR count). The Morgan fingerprint density at radius 3 is 2.75 bits per heavy atom. The van der Waals surface area contributed by atoms with Crippen molar-refractivity contribution in [2.75, 3.05) is 6.79 Å². The molecule has 138 valence electrons. The highest BCUT2D eigenvalue weighted by atomic mass is 35.5. The summed E-state index contributed by atoms with van der Waals surface area (Å²) in [5, 5.41) is 21.1. The summed E-state index contributed by atoms with van der Waals surface area (Å²) in [6, 6.07) is 14.9. The van der Waals surface area contributed by atoms with E-state index in [1.165, 1.54) is 12.1 Å². The largest absolute Gasteiger partial charge is 0.456 e. The van der Waals surface area contributed by atoms with Gasteiger partial charge in [-0.15, -0.1) is 0 Å². The van der Waals surface area contributed by atoms with Crippen LogP contribution in [-0.4, -0.2) is 11.7 Å². The third-order valence-electron chi connectivity index (χ3n) is 4.14. The van der Waals surface area contributed by atoms with Gasteiger partial charge in [-0.05, 0) is 54.1 Å². The molecule has 0 bridgehead atoms. The lowest BCUT2D eigenvalue weighted by molar-refractivity contribution is -0.384. The van der Waals surface area contributed by atoms with Crippen LogP contribution in [0.1, 0.15) is 11.3 Å². The lowest BCUT2D eigenvalue weighted by Crippen LogP contribution is -1.92. The number of furan rings is 1. The molecular formula is C20H11ClN2O5. The maximum absolute atomic E-state index is 11.3. The fraction of sp³-hybridized carbons (Fsp3) is 0.0500. The van der Waals surface area contributed by atoms with E-state index in [9.17, 15) is 15.4 Å². The number of benzene rings is 2. The van der Waals surface area contributed by atoms with E-state index in [2.05, 4.69) is 6.07 Å². The summed E-state index contributed by atoms with van der Waals surface area (Å²) in [5.74, 6) is 1.87. The van der Waals surface area contributed by atoms with Crippen LogP contribution in [-0.2, 0) is 0 Å². The lowest BCUT2D eigenvalue weighted by Gasteiger charge is -2.02. The Morgan fingerprint density at radius 1 is 1.14 bits per heavy atom. The molecule has 0 saturated carbocycles. The predicted octanol–water partition coefficient (Wildman–Crippen LogP) is 5.30. The van der Waals surface area contributed by atoms with Crippen LogP contribution in [0.15, 0.2) is 52.9 Å². The fourth-order valence-corrected chi connectivity index (χ4v) is 2.99. The Balaban J connectivity index is 1.69. The van der Waals surface area contributed by atoms with Crippen LogP contribution in [0.5, 0.6) is 11.5 Å². The summed E-state index contributed by atoms with van der Waals surface area (Å²) < 4.78 is 16.3. The van der Waals surface area contributed by atoms with Crippen molar-refractivity contribution in [1.82, 2.24) is 0 Å². The Morgan fingerprint density at radius 2 is 1.96 bits per heavy atom. The van der Waals surface area contributed by atoms with Crippen LogP contribution in [0.2, 0.25) is 5.02 Å². The average molecular weight is 395 g/mol. The standard InChI is InChI=1S/C20H11ClN2O5/c21-14-2-4-16(17(9-14)23(24)25)18-6-3-15(28-18)7-13(10-22)12-1-5-19-20(8-12)27-11-26-19/h1-9H,11H2/b13-7-. The number of fused-ring (bicyclic) bond motifs is 1. The molecule has 1 aliphatic heterocycles. The molecule has 0 radical (unpaired) electrons. The number of rotatable bonds is 4. The second kappa shape index (κ2) is 7.10. The summed E-state index contributed by atoms with van der Waals surface area (Å²) >= 11 is 5.85. The monoisotopic (exact) mass is 394 g/mol. The minimum absolute atomic E-state index is 0.145. The molecule has 8 heteroatoms. The molecule has 0 amide bonds. The van der Waals surface area contributed by atoms with E-state index in [4.69, 9.17) is 25.5 Å². The van der Waals surface area contributed by atoms with Crippen LogP contribution in [0.3, 0.4) is 0 Å². The number of nitrogens with zero attached hydrogens (tertiary/aromatic N) is 2. The molecule has 0 unspecified atom stereocenters. The maximum atomic E-state index is 11.3. The van der Waals surface area contributed by atoms with Gasteiger partial charge < -0.3 is 13.9 Å². The summed E-state index contributed by atoms with van der Waals surface area (Å²) in [4.78, 5) is 10.8. The van der Waals surface area contributed by atoms with Crippen LogP contribution in [0, 0.1) is 21.4 Å². The molecule has 7 nitrogen and oxygen atoms in total. The van der Waals surface area contributed by atoms with Crippen LogP contribution >= 0.6 is 11.6 Å². The van der Waals surface area contributed by atoms with Crippen molar-refractivity contribution in [2.24, 2.45) is 0 Å². The second-order valence-electron chi connectivity index (χ2n) is 5.86. The van der Waals surface area contributed by atoms with Crippen LogP contribution in [0.25, 0.3) is 23.0 Å². The normalized spacial score (nSPS) is 12.6. The summed E-state index contributed by atoms with van der Waals surface area (Å²) in [6.07, 6.45) is 1.56. The Labute approximate surface area is 164 Å². The van der Waals surface area contributed by atoms with Gasteiger partial charge in [-0.25, -0.2) is 0 Å². The Bertz CT molecular complexity index is 1160. The van der Waals surface area contributed by atoms with Crippen LogP contribution < -0.4 is 9.47 Å². The minimum Gasteiger partial charge on any atom is -0.456 e. The predicted molar refractivity (Wildman–Crippen MR) is 102 cm³/mol. The van der Waals surface area contributed by atoms with Gasteiger partial charge in [-0.3, -0.25) is 10.1 Å². The second-order valence-corrected chi connectivity index (χ2v) is 6.29. The Hall–Kier alpha value is -3.76. The quantitative estimate of drug-likeness (QED) is 0.338. The minimum atomic E-state index is -0.521. The van der Waals surface area contributed by atoms with Gasteiger partial charge in [0, 0.05) is 11.1 Å². The van der Waals surface area contributed by atoms with E-state index < -0.39 is 4.92 Å². The van der Waals surface area contributed by atoms with E-state index >= 15 is 0 Å². The zero-order valence-corrected chi connectivity index (χ0v) is 15.0. The van der Waals surface area contributed by atoms with Crippen LogP contribution in [0.4, 0.5) is 5.69 Å². The SMILES string of the molecule is N#C/C(=C/c1ccc(-c2ccc(Cl)cc2[N+](=O)[O-])o1)c1ccc2c(c1)OCO2. The van der Waals surface area contributed by atoms with Crippen molar-refractivity contribution in [3.8, 4) is 28.9 Å². The molecule has 1 aromatic heterocycles. The van der Waals surface area contributed by atoms with Gasteiger partial charge in [-0.1, -0.05) is 11.6 Å².